The molecule has 0 aromatic carbocycles. The van der Waals surface area contributed by atoms with E-state index in [4.69, 9.17) is 0 Å². The van der Waals surface area contributed by atoms with Crippen molar-refractivity contribution in [1.29, 1.82) is 0 Å². The third kappa shape index (κ3) is 12.7. The average Bonchev–Trinajstić information content (AvgIpc) is 2.52. The van der Waals surface area contributed by atoms with Crippen LogP contribution in [0.2, 0.25) is 0 Å². The van der Waals surface area contributed by atoms with Gasteiger partial charge in [-0.25, -0.2) is 0 Å². The molecule has 1 radical (unpaired) electrons. The molecule has 0 heterocycles. The van der Waals surface area contributed by atoms with Crippen LogP contribution in [0, 0.1) is 10.1 Å². The van der Waals surface area contributed by atoms with Crippen molar-refractivity contribution in [3.8, 4) is 0 Å². The number of aliphatic hydroxyl groups excluding tert-OH is 1. The number of hydrogen-bond acceptors (Lipinski definition) is 4. The Morgan fingerprint density at radius 3 is 2.39 bits per heavy atom. The Labute approximate surface area is 139 Å². The van der Waals surface area contributed by atoms with E-state index in [0.717, 1.165) is 32.1 Å². The van der Waals surface area contributed by atoms with Gasteiger partial charge in [0.1, 0.15) is 6.10 Å². The lowest BCUT2D eigenvalue weighted by atomic mass is 10.1. The molecule has 2 unspecified atom stereocenters. The Kier molecular flexibility index (Phi) is 14.4. The molecule has 0 aromatic rings. The molecule has 0 saturated heterocycles. The zero-order chi connectivity index (χ0) is 17.3. The molecule has 0 bridgehead atoms. The largest absolute Gasteiger partial charge is 0.386 e. The summed E-state index contributed by atoms with van der Waals surface area (Å²) < 4.78 is 0. The first kappa shape index (κ1) is 21.5. The van der Waals surface area contributed by atoms with E-state index in [2.05, 4.69) is 12.2 Å². The minimum atomic E-state index is -0.910. The Hall–Kier alpha value is -1.49. The highest BCUT2D eigenvalue weighted by Gasteiger charge is 2.26. The number of hydrogen-bond donors (Lipinski definition) is 1. The lowest BCUT2D eigenvalue weighted by Crippen LogP contribution is -2.32. The molecule has 0 amide bonds. The van der Waals surface area contributed by atoms with Crippen LogP contribution in [-0.2, 0) is 4.79 Å². The fourth-order valence-electron chi connectivity index (χ4n) is 2.33. The smallest absolute Gasteiger partial charge is 0.238 e. The van der Waals surface area contributed by atoms with Crippen LogP contribution in [0.3, 0.4) is 0 Å². The molecule has 0 rings (SSSR count). The van der Waals surface area contributed by atoms with Gasteiger partial charge in [-0.05, 0) is 32.1 Å². The summed E-state index contributed by atoms with van der Waals surface area (Å²) in [6.07, 6.45) is 17.6. The molecule has 5 heteroatoms. The molecule has 1 N–H and O–H groups in total. The Morgan fingerprint density at radius 1 is 1.09 bits per heavy atom. The van der Waals surface area contributed by atoms with Gasteiger partial charge in [0, 0.05) is 17.8 Å². The normalized spacial score (nSPS) is 14.3. The highest BCUT2D eigenvalue weighted by Crippen LogP contribution is 2.09. The second-order valence-corrected chi connectivity index (χ2v) is 5.69. The lowest BCUT2D eigenvalue weighted by Gasteiger charge is -2.12. The average molecular weight is 324 g/mol. The fraction of sp³-hybridized carbons (Fsp3) is 0.722. The van der Waals surface area contributed by atoms with Crippen LogP contribution < -0.4 is 0 Å². The summed E-state index contributed by atoms with van der Waals surface area (Å²) >= 11 is 0. The Morgan fingerprint density at radius 2 is 1.74 bits per heavy atom. The van der Waals surface area contributed by atoms with E-state index in [1.165, 1.54) is 12.8 Å². The molecule has 0 aliphatic heterocycles. The van der Waals surface area contributed by atoms with Gasteiger partial charge in [0.15, 0.2) is 6.29 Å². The quantitative estimate of drug-likeness (QED) is 0.212. The number of nitro groups is 1. The molecular weight excluding hydrogens is 294 g/mol. The van der Waals surface area contributed by atoms with E-state index in [-0.39, 0.29) is 0 Å². The maximum Gasteiger partial charge on any atom is 0.238 e. The summed E-state index contributed by atoms with van der Waals surface area (Å²) in [6, 6.07) is -0.875. The fourth-order valence-corrected chi connectivity index (χ4v) is 2.33. The Bertz CT molecular complexity index is 366. The minimum Gasteiger partial charge on any atom is -0.386 e. The lowest BCUT2D eigenvalue weighted by molar-refractivity contribution is -0.534. The molecule has 0 aromatic heterocycles. The van der Waals surface area contributed by atoms with Gasteiger partial charge in [0.2, 0.25) is 6.04 Å². The van der Waals surface area contributed by atoms with Crippen LogP contribution in [-0.4, -0.2) is 28.5 Å². The first-order valence-electron chi connectivity index (χ1n) is 8.60. The minimum absolute atomic E-state index is 0.325. The molecule has 2 atom stereocenters. The van der Waals surface area contributed by atoms with E-state index in [0.29, 0.717) is 19.3 Å². The van der Waals surface area contributed by atoms with Gasteiger partial charge in [0.05, 0.1) is 0 Å². The monoisotopic (exact) mass is 324 g/mol. The molecular formula is C18H30NO4. The zero-order valence-electron chi connectivity index (χ0n) is 14.2. The second-order valence-electron chi connectivity index (χ2n) is 5.69. The number of allylic oxidation sites excluding steroid dienone is 3. The van der Waals surface area contributed by atoms with Crippen molar-refractivity contribution in [3.05, 3.63) is 34.4 Å². The summed E-state index contributed by atoms with van der Waals surface area (Å²) in [6.45, 7) is 1.71. The van der Waals surface area contributed by atoms with Crippen molar-refractivity contribution < 1.29 is 14.8 Å². The summed E-state index contributed by atoms with van der Waals surface area (Å²) in [5.41, 5.74) is 0. The molecule has 0 fully saturated rings. The van der Waals surface area contributed by atoms with Crippen molar-refractivity contribution in [2.24, 2.45) is 0 Å². The van der Waals surface area contributed by atoms with Gasteiger partial charge in [-0.3, -0.25) is 14.9 Å². The zero-order valence-corrected chi connectivity index (χ0v) is 14.2. The van der Waals surface area contributed by atoms with Gasteiger partial charge >= 0.3 is 0 Å². The van der Waals surface area contributed by atoms with Crippen molar-refractivity contribution in [1.82, 2.24) is 0 Å². The molecule has 0 aliphatic rings. The molecule has 23 heavy (non-hydrogen) atoms. The summed E-state index contributed by atoms with van der Waals surface area (Å²) in [7, 11) is 0. The topological polar surface area (TPSA) is 80.4 Å². The van der Waals surface area contributed by atoms with Gasteiger partial charge in [-0.1, -0.05) is 50.5 Å². The molecule has 0 spiro atoms. The van der Waals surface area contributed by atoms with Gasteiger partial charge in [0.25, 0.3) is 0 Å². The predicted molar refractivity (Wildman–Crippen MR) is 92.6 cm³/mol. The first-order valence-corrected chi connectivity index (χ1v) is 8.60. The summed E-state index contributed by atoms with van der Waals surface area (Å²) in [5, 5.41) is 20.4. The number of carbonyl (C=O) groups excluding carboxylic acids is 1. The van der Waals surface area contributed by atoms with E-state index >= 15 is 0 Å². The predicted octanol–water partition coefficient (Wildman–Crippen LogP) is 4.14. The van der Waals surface area contributed by atoms with Crippen molar-refractivity contribution >= 4 is 6.29 Å². The SMILES string of the molecule is CCC(C(O)C/C=C\C/C=C\CCCCCCC[C]=O)[N+](=O)[O-]. The number of aliphatic hydroxyl groups is 1. The van der Waals surface area contributed by atoms with Crippen LogP contribution in [0.1, 0.15) is 71.1 Å². The molecule has 131 valence electrons. The first-order chi connectivity index (χ1) is 11.1. The molecule has 5 nitrogen and oxygen atoms in total. The van der Waals surface area contributed by atoms with Crippen LogP contribution in [0.5, 0.6) is 0 Å². The van der Waals surface area contributed by atoms with Crippen LogP contribution >= 0.6 is 0 Å². The van der Waals surface area contributed by atoms with E-state index in [9.17, 15) is 20.0 Å². The summed E-state index contributed by atoms with van der Waals surface area (Å²) in [5.74, 6) is 0. The maximum atomic E-state index is 10.7. The number of unbranched alkanes of at least 4 members (excludes halogenated alkanes) is 6. The van der Waals surface area contributed by atoms with Crippen LogP contribution in [0.4, 0.5) is 0 Å². The van der Waals surface area contributed by atoms with Crippen molar-refractivity contribution in [3.63, 3.8) is 0 Å². The standard InChI is InChI=1S/C18H30NO4/c1-2-17(19(22)23)18(21)15-13-11-9-7-5-3-4-6-8-10-12-14-16-20/h5,7,11,13,17-18,21H,2-4,6,8-10,12,14-15H2,1H3/b7-5-,13-11-. The highest BCUT2D eigenvalue weighted by molar-refractivity contribution is 5.50. The van der Waals surface area contributed by atoms with Crippen molar-refractivity contribution in [2.45, 2.75) is 83.3 Å². The number of rotatable bonds is 15. The van der Waals surface area contributed by atoms with E-state index in [1.807, 2.05) is 18.4 Å². The van der Waals surface area contributed by atoms with Crippen LogP contribution in [0.15, 0.2) is 24.3 Å². The van der Waals surface area contributed by atoms with Gasteiger partial charge < -0.3 is 5.11 Å². The molecule has 0 aliphatic carbocycles. The molecule has 0 saturated carbocycles. The second kappa shape index (κ2) is 15.4. The highest BCUT2D eigenvalue weighted by atomic mass is 16.6. The maximum absolute atomic E-state index is 10.7. The van der Waals surface area contributed by atoms with Crippen LogP contribution in [0.25, 0.3) is 0 Å². The van der Waals surface area contributed by atoms with Gasteiger partial charge in [-0.15, -0.1) is 0 Å². The van der Waals surface area contributed by atoms with E-state index < -0.39 is 17.1 Å². The van der Waals surface area contributed by atoms with Gasteiger partial charge in [-0.2, -0.15) is 0 Å². The van der Waals surface area contributed by atoms with E-state index in [1.54, 1.807) is 6.92 Å². The number of nitrogens with zero attached hydrogens (tertiary/aromatic N) is 1. The Balaban J connectivity index is 3.58. The summed E-state index contributed by atoms with van der Waals surface area (Å²) in [4.78, 5) is 20.3. The third-order valence-corrected chi connectivity index (χ3v) is 3.77. The third-order valence-electron chi connectivity index (χ3n) is 3.77. The van der Waals surface area contributed by atoms with Crippen molar-refractivity contribution in [2.75, 3.05) is 0 Å².